The molecule has 1 N–H and O–H groups in total. The van der Waals surface area contributed by atoms with Crippen LogP contribution in [-0.2, 0) is 4.79 Å². The molecule has 0 amide bonds. The van der Waals surface area contributed by atoms with Crippen molar-refractivity contribution in [2.24, 2.45) is 0 Å². The number of aliphatic carboxylic acids is 1. The van der Waals surface area contributed by atoms with Crippen molar-refractivity contribution in [1.29, 1.82) is 0 Å². The van der Waals surface area contributed by atoms with Crippen molar-refractivity contribution in [1.82, 2.24) is 0 Å². The number of carboxylic acid groups (broad SMARTS) is 1. The lowest BCUT2D eigenvalue weighted by Crippen LogP contribution is -2.12. The van der Waals surface area contributed by atoms with Gasteiger partial charge in [-0.3, -0.25) is 4.79 Å². The number of halogens is 2. The zero-order chi connectivity index (χ0) is 8.85. The van der Waals surface area contributed by atoms with E-state index >= 15 is 0 Å². The molecule has 11 heavy (non-hydrogen) atoms. The molecule has 0 aromatic heterocycles. The van der Waals surface area contributed by atoms with Gasteiger partial charge in [-0.1, -0.05) is 6.92 Å². The molecule has 0 aliphatic rings. The lowest BCUT2D eigenvalue weighted by atomic mass is 10.1. The molecule has 0 aromatic rings. The number of alkyl halides is 2. The summed E-state index contributed by atoms with van der Waals surface area (Å²) in [6, 6.07) is 0. The van der Waals surface area contributed by atoms with Crippen LogP contribution >= 0.6 is 23.2 Å². The zero-order valence-electron chi connectivity index (χ0n) is 6.39. The summed E-state index contributed by atoms with van der Waals surface area (Å²) in [5, 5.41) is 8.00. The summed E-state index contributed by atoms with van der Waals surface area (Å²) < 4.78 is 0. The maximum atomic E-state index is 10.2. The van der Waals surface area contributed by atoms with Crippen molar-refractivity contribution >= 4 is 29.2 Å². The predicted molar refractivity (Wildman–Crippen MR) is 46.4 cm³/mol. The van der Waals surface area contributed by atoms with Crippen LogP contribution < -0.4 is 0 Å². The van der Waals surface area contributed by atoms with E-state index in [-0.39, 0.29) is 17.2 Å². The van der Waals surface area contributed by atoms with Gasteiger partial charge in [0, 0.05) is 10.8 Å². The van der Waals surface area contributed by atoms with Crippen molar-refractivity contribution < 1.29 is 9.90 Å². The van der Waals surface area contributed by atoms with Crippen molar-refractivity contribution in [2.45, 2.75) is 36.9 Å². The van der Waals surface area contributed by atoms with E-state index in [4.69, 9.17) is 28.3 Å². The highest BCUT2D eigenvalue weighted by Crippen LogP contribution is 2.16. The fourth-order valence-electron chi connectivity index (χ4n) is 0.717. The number of carbonyl (C=O) groups is 1. The van der Waals surface area contributed by atoms with Crippen molar-refractivity contribution in [2.75, 3.05) is 0 Å². The number of hydrogen-bond donors (Lipinski definition) is 1. The second-order valence-corrected chi connectivity index (χ2v) is 3.67. The van der Waals surface area contributed by atoms with Crippen LogP contribution in [0, 0.1) is 0 Å². The largest absolute Gasteiger partial charge is 0.481 e. The van der Waals surface area contributed by atoms with Gasteiger partial charge in [-0.05, 0) is 12.8 Å². The fourth-order valence-corrected chi connectivity index (χ4v) is 1.37. The van der Waals surface area contributed by atoms with Crippen molar-refractivity contribution in [3.05, 3.63) is 0 Å². The van der Waals surface area contributed by atoms with Crippen LogP contribution in [0.25, 0.3) is 0 Å². The van der Waals surface area contributed by atoms with Crippen LogP contribution in [0.15, 0.2) is 0 Å². The fraction of sp³-hybridized carbons (Fsp3) is 0.857. The Morgan fingerprint density at radius 1 is 1.45 bits per heavy atom. The molecule has 2 nitrogen and oxygen atoms in total. The summed E-state index contributed by atoms with van der Waals surface area (Å²) >= 11 is 11.5. The molecule has 0 bridgehead atoms. The molecule has 0 radical (unpaired) electrons. The van der Waals surface area contributed by atoms with Gasteiger partial charge < -0.3 is 5.11 Å². The summed E-state index contributed by atoms with van der Waals surface area (Å²) in [4.78, 5) is 10.2. The minimum absolute atomic E-state index is 0.00292. The van der Waals surface area contributed by atoms with Gasteiger partial charge in [-0.2, -0.15) is 0 Å². The Bertz CT molecular complexity index is 128. The molecule has 0 aliphatic heterocycles. The minimum atomic E-state index is -0.870. The molecule has 0 fully saturated rings. The van der Waals surface area contributed by atoms with E-state index in [2.05, 4.69) is 0 Å². The van der Waals surface area contributed by atoms with E-state index in [1.807, 2.05) is 6.92 Å². The lowest BCUT2D eigenvalue weighted by Gasteiger charge is -2.09. The molecule has 0 heterocycles. The maximum Gasteiger partial charge on any atom is 0.304 e. The highest BCUT2D eigenvalue weighted by atomic mass is 35.5. The van der Waals surface area contributed by atoms with Crippen LogP contribution in [0.3, 0.4) is 0 Å². The van der Waals surface area contributed by atoms with E-state index in [1.54, 1.807) is 0 Å². The third kappa shape index (κ3) is 6.45. The first kappa shape index (κ1) is 11.1. The van der Waals surface area contributed by atoms with E-state index in [0.717, 1.165) is 6.42 Å². The van der Waals surface area contributed by atoms with Crippen LogP contribution in [-0.4, -0.2) is 21.8 Å². The highest BCUT2D eigenvalue weighted by molar-refractivity contribution is 6.24. The molecule has 2 unspecified atom stereocenters. The standard InChI is InChI=1S/C7H12Cl2O2/c1-2-5(8)3-6(9)4-7(10)11/h5-6H,2-4H2,1H3,(H,10,11). The molecule has 0 aromatic carbocycles. The van der Waals surface area contributed by atoms with Gasteiger partial charge in [0.15, 0.2) is 0 Å². The van der Waals surface area contributed by atoms with Crippen molar-refractivity contribution in [3.63, 3.8) is 0 Å². The monoisotopic (exact) mass is 198 g/mol. The molecule has 66 valence electrons. The van der Waals surface area contributed by atoms with Crippen LogP contribution in [0.2, 0.25) is 0 Å². The van der Waals surface area contributed by atoms with Gasteiger partial charge in [-0.25, -0.2) is 0 Å². The smallest absolute Gasteiger partial charge is 0.304 e. The average Bonchev–Trinajstić information content (AvgIpc) is 1.85. The first-order chi connectivity index (χ1) is 5.06. The molecule has 2 atom stereocenters. The second kappa shape index (κ2) is 5.67. The zero-order valence-corrected chi connectivity index (χ0v) is 7.90. The number of carboxylic acids is 1. The van der Waals surface area contributed by atoms with Crippen LogP contribution in [0.4, 0.5) is 0 Å². The third-order valence-corrected chi connectivity index (χ3v) is 2.17. The van der Waals surface area contributed by atoms with Crippen molar-refractivity contribution in [3.8, 4) is 0 Å². The van der Waals surface area contributed by atoms with Gasteiger partial charge in [-0.15, -0.1) is 23.2 Å². The summed E-state index contributed by atoms with van der Waals surface area (Å²) in [7, 11) is 0. The molecule has 0 saturated heterocycles. The quantitative estimate of drug-likeness (QED) is 0.690. The molecule has 4 heteroatoms. The van der Waals surface area contributed by atoms with Gasteiger partial charge in [0.2, 0.25) is 0 Å². The topological polar surface area (TPSA) is 37.3 Å². The molecular formula is C7H12Cl2O2. The Morgan fingerprint density at radius 3 is 2.36 bits per heavy atom. The number of rotatable bonds is 5. The molecule has 0 rings (SSSR count). The van der Waals surface area contributed by atoms with E-state index in [1.165, 1.54) is 0 Å². The van der Waals surface area contributed by atoms with Crippen LogP contribution in [0.1, 0.15) is 26.2 Å². The summed E-state index contributed by atoms with van der Waals surface area (Å²) in [5.74, 6) is -0.870. The van der Waals surface area contributed by atoms with E-state index in [0.29, 0.717) is 6.42 Å². The average molecular weight is 199 g/mol. The first-order valence-electron chi connectivity index (χ1n) is 3.56. The Morgan fingerprint density at radius 2 is 2.00 bits per heavy atom. The van der Waals surface area contributed by atoms with Crippen LogP contribution in [0.5, 0.6) is 0 Å². The Hall–Kier alpha value is 0.0500. The van der Waals surface area contributed by atoms with E-state index < -0.39 is 5.97 Å². The van der Waals surface area contributed by atoms with Gasteiger partial charge in [0.1, 0.15) is 0 Å². The van der Waals surface area contributed by atoms with E-state index in [9.17, 15) is 4.79 Å². The summed E-state index contributed by atoms with van der Waals surface area (Å²) in [6.07, 6.45) is 1.38. The lowest BCUT2D eigenvalue weighted by molar-refractivity contribution is -0.137. The summed E-state index contributed by atoms with van der Waals surface area (Å²) in [5.41, 5.74) is 0. The molecule has 0 saturated carbocycles. The third-order valence-electron chi connectivity index (χ3n) is 1.35. The Balaban J connectivity index is 3.51. The second-order valence-electron chi connectivity index (χ2n) is 2.44. The minimum Gasteiger partial charge on any atom is -0.481 e. The molecular weight excluding hydrogens is 187 g/mol. The predicted octanol–water partition coefficient (Wildman–Crippen LogP) is 2.48. The van der Waals surface area contributed by atoms with Gasteiger partial charge >= 0.3 is 5.97 Å². The van der Waals surface area contributed by atoms with Gasteiger partial charge in [0.05, 0.1) is 6.42 Å². The highest BCUT2D eigenvalue weighted by Gasteiger charge is 2.13. The first-order valence-corrected chi connectivity index (χ1v) is 4.43. The van der Waals surface area contributed by atoms with Gasteiger partial charge in [0.25, 0.3) is 0 Å². The molecule has 0 aliphatic carbocycles. The SMILES string of the molecule is CCC(Cl)CC(Cl)CC(=O)O. The number of hydrogen-bond acceptors (Lipinski definition) is 1. The maximum absolute atomic E-state index is 10.2. The normalized spacial score (nSPS) is 15.9. The Labute approximate surface area is 76.5 Å². The summed E-state index contributed by atoms with van der Waals surface area (Å²) in [6.45, 7) is 1.95. The molecule has 0 spiro atoms. The Kier molecular flexibility index (Phi) is 5.69.